The highest BCUT2D eigenvalue weighted by Gasteiger charge is 2.45. The maximum atomic E-state index is 12.9. The van der Waals surface area contributed by atoms with E-state index < -0.39 is 31.0 Å². The third kappa shape index (κ3) is 4.56. The Hall–Kier alpha value is -0.960. The molecule has 1 aromatic rings. The van der Waals surface area contributed by atoms with Crippen molar-refractivity contribution in [3.8, 4) is 0 Å². The molecule has 6 nitrogen and oxygen atoms in total. The molecule has 0 bridgehead atoms. The summed E-state index contributed by atoms with van der Waals surface area (Å²) in [6, 6.07) is 6.11. The molecule has 0 aromatic heterocycles. The zero-order valence-corrected chi connectivity index (χ0v) is 15.7. The summed E-state index contributed by atoms with van der Waals surface area (Å²) < 4.78 is 54.7. The second-order valence-corrected chi connectivity index (χ2v) is 10.4. The summed E-state index contributed by atoms with van der Waals surface area (Å²) in [6.45, 7) is 3.06. The Labute approximate surface area is 144 Å². The van der Waals surface area contributed by atoms with Crippen LogP contribution in [0.25, 0.3) is 0 Å². The zero-order valence-electron chi connectivity index (χ0n) is 14.1. The minimum atomic E-state index is -3.70. The Morgan fingerprint density at radius 1 is 1.21 bits per heavy atom. The number of hydrogen-bond donors (Lipinski definition) is 1. The van der Waals surface area contributed by atoms with Gasteiger partial charge in [-0.2, -0.15) is 0 Å². The van der Waals surface area contributed by atoms with Crippen LogP contribution in [0.5, 0.6) is 0 Å². The third-order valence-electron chi connectivity index (χ3n) is 4.29. The first-order valence-corrected chi connectivity index (χ1v) is 11.4. The Morgan fingerprint density at radius 3 is 2.46 bits per heavy atom. The molecular formula is C16H25NO5S2. The minimum Gasteiger partial charge on any atom is -0.385 e. The summed E-state index contributed by atoms with van der Waals surface area (Å²) in [6.07, 6.45) is 1.52. The number of hydrogen-bond acceptors (Lipinski definition) is 6. The van der Waals surface area contributed by atoms with Gasteiger partial charge in [0.05, 0.1) is 21.7 Å². The van der Waals surface area contributed by atoms with E-state index in [-0.39, 0.29) is 16.4 Å². The third-order valence-corrected chi connectivity index (χ3v) is 8.46. The molecule has 1 aliphatic rings. The second kappa shape index (κ2) is 7.95. The van der Waals surface area contributed by atoms with Crippen LogP contribution in [0.4, 0.5) is 0 Å². The molecule has 0 amide bonds. The van der Waals surface area contributed by atoms with Gasteiger partial charge in [0.1, 0.15) is 0 Å². The summed E-state index contributed by atoms with van der Waals surface area (Å²) in [4.78, 5) is 0.186. The van der Waals surface area contributed by atoms with Gasteiger partial charge >= 0.3 is 0 Å². The lowest BCUT2D eigenvalue weighted by molar-refractivity contribution is 0.193. The molecule has 1 saturated heterocycles. The molecule has 1 aromatic carbocycles. The highest BCUT2D eigenvalue weighted by Crippen LogP contribution is 2.26. The van der Waals surface area contributed by atoms with Crippen LogP contribution in [0.2, 0.25) is 0 Å². The number of aryl methyl sites for hydroxylation is 1. The van der Waals surface area contributed by atoms with Crippen LogP contribution in [0.1, 0.15) is 18.9 Å². The predicted octanol–water partition coefficient (Wildman–Crippen LogP) is 0.814. The van der Waals surface area contributed by atoms with Crippen molar-refractivity contribution in [3.63, 3.8) is 0 Å². The van der Waals surface area contributed by atoms with E-state index in [0.717, 1.165) is 12.0 Å². The van der Waals surface area contributed by atoms with Crippen molar-refractivity contribution in [2.45, 2.75) is 36.0 Å². The Morgan fingerprint density at radius 2 is 1.88 bits per heavy atom. The van der Waals surface area contributed by atoms with Crippen molar-refractivity contribution >= 4 is 19.7 Å². The summed E-state index contributed by atoms with van der Waals surface area (Å²) in [5.74, 6) is -0.469. The normalized spacial score (nSPS) is 23.4. The molecule has 0 unspecified atom stereocenters. The van der Waals surface area contributed by atoms with Gasteiger partial charge in [0.2, 0.25) is 0 Å². The lowest BCUT2D eigenvalue weighted by Gasteiger charge is -2.20. The number of nitrogens with one attached hydrogen (secondary N) is 1. The van der Waals surface area contributed by atoms with Crippen molar-refractivity contribution in [1.82, 2.24) is 5.32 Å². The van der Waals surface area contributed by atoms with Crippen LogP contribution in [0.15, 0.2) is 29.2 Å². The van der Waals surface area contributed by atoms with Crippen LogP contribution in [-0.2, 0) is 30.8 Å². The lowest BCUT2D eigenvalue weighted by Crippen LogP contribution is -2.43. The Bertz CT molecular complexity index is 741. The topological polar surface area (TPSA) is 89.5 Å². The smallest absolute Gasteiger partial charge is 0.183 e. The predicted molar refractivity (Wildman–Crippen MR) is 93.7 cm³/mol. The van der Waals surface area contributed by atoms with Crippen LogP contribution in [0.3, 0.4) is 0 Å². The van der Waals surface area contributed by atoms with Gasteiger partial charge in [0, 0.05) is 19.8 Å². The van der Waals surface area contributed by atoms with Crippen LogP contribution in [0, 0.1) is 0 Å². The molecule has 136 valence electrons. The number of benzene rings is 1. The Kier molecular flexibility index (Phi) is 6.41. The molecule has 1 fully saturated rings. The van der Waals surface area contributed by atoms with Gasteiger partial charge < -0.3 is 10.1 Å². The molecule has 2 atom stereocenters. The molecule has 1 N–H and O–H groups in total. The molecule has 0 radical (unpaired) electrons. The average Bonchev–Trinajstić information content (AvgIpc) is 2.87. The molecule has 8 heteroatoms. The van der Waals surface area contributed by atoms with E-state index in [9.17, 15) is 16.8 Å². The quantitative estimate of drug-likeness (QED) is 0.677. The summed E-state index contributed by atoms with van der Waals surface area (Å²) in [7, 11) is -5.47. The summed E-state index contributed by atoms with van der Waals surface area (Å²) >= 11 is 0. The molecule has 0 aliphatic carbocycles. The fraction of sp³-hybridized carbons (Fsp3) is 0.625. The van der Waals surface area contributed by atoms with Crippen molar-refractivity contribution in [1.29, 1.82) is 0 Å². The van der Waals surface area contributed by atoms with Gasteiger partial charge in [-0.05, 0) is 37.1 Å². The van der Waals surface area contributed by atoms with Gasteiger partial charge in [0.15, 0.2) is 19.7 Å². The number of ether oxygens (including phenoxy) is 1. The molecule has 0 saturated carbocycles. The van der Waals surface area contributed by atoms with Crippen molar-refractivity contribution in [3.05, 3.63) is 29.8 Å². The van der Waals surface area contributed by atoms with E-state index in [1.54, 1.807) is 31.4 Å². The molecule has 24 heavy (non-hydrogen) atoms. The van der Waals surface area contributed by atoms with Crippen molar-refractivity contribution in [2.24, 2.45) is 0 Å². The first kappa shape index (κ1) is 19.4. The minimum absolute atomic E-state index is 0.142. The lowest BCUT2D eigenvalue weighted by atomic mass is 10.2. The van der Waals surface area contributed by atoms with Crippen LogP contribution in [-0.4, -0.2) is 59.9 Å². The maximum Gasteiger partial charge on any atom is 0.183 e. The van der Waals surface area contributed by atoms with Gasteiger partial charge in [-0.3, -0.25) is 0 Å². The SMILES string of the molecule is CCc1ccc(S(=O)(=O)[C@@H]2CS(=O)(=O)C[C@@H]2NCCCOC)cc1. The number of rotatable bonds is 8. The highest BCUT2D eigenvalue weighted by molar-refractivity contribution is 7.96. The molecule has 0 spiro atoms. The first-order valence-electron chi connectivity index (χ1n) is 8.05. The van der Waals surface area contributed by atoms with E-state index in [1.165, 1.54) is 0 Å². The fourth-order valence-electron chi connectivity index (χ4n) is 2.91. The number of methoxy groups -OCH3 is 1. The van der Waals surface area contributed by atoms with E-state index in [2.05, 4.69) is 5.32 Å². The van der Waals surface area contributed by atoms with Gasteiger partial charge in [-0.1, -0.05) is 19.1 Å². The van der Waals surface area contributed by atoms with Gasteiger partial charge in [-0.15, -0.1) is 0 Å². The van der Waals surface area contributed by atoms with Crippen molar-refractivity contribution in [2.75, 3.05) is 31.8 Å². The average molecular weight is 376 g/mol. The van der Waals surface area contributed by atoms with E-state index in [0.29, 0.717) is 19.6 Å². The number of sulfone groups is 2. The van der Waals surface area contributed by atoms with E-state index in [1.807, 2.05) is 6.92 Å². The maximum absolute atomic E-state index is 12.9. The largest absolute Gasteiger partial charge is 0.385 e. The van der Waals surface area contributed by atoms with Gasteiger partial charge in [-0.25, -0.2) is 16.8 Å². The van der Waals surface area contributed by atoms with E-state index >= 15 is 0 Å². The van der Waals surface area contributed by atoms with Crippen LogP contribution >= 0.6 is 0 Å². The second-order valence-electron chi connectivity index (χ2n) is 6.06. The first-order chi connectivity index (χ1) is 11.3. The Balaban J connectivity index is 2.20. The summed E-state index contributed by atoms with van der Waals surface area (Å²) in [5.41, 5.74) is 1.04. The zero-order chi connectivity index (χ0) is 17.8. The monoisotopic (exact) mass is 375 g/mol. The molecule has 2 rings (SSSR count). The van der Waals surface area contributed by atoms with Crippen LogP contribution < -0.4 is 5.32 Å². The standard InChI is InChI=1S/C16H25NO5S2/c1-3-13-5-7-14(8-6-13)24(20,21)16-12-23(18,19)11-15(16)17-9-4-10-22-2/h5-8,15-17H,3-4,9-12H2,1-2H3/t15-,16+/m0/s1. The van der Waals surface area contributed by atoms with E-state index in [4.69, 9.17) is 4.74 Å². The van der Waals surface area contributed by atoms with Crippen molar-refractivity contribution < 1.29 is 21.6 Å². The highest BCUT2D eigenvalue weighted by atomic mass is 32.2. The molecule has 1 heterocycles. The molecule has 1 aliphatic heterocycles. The molecular weight excluding hydrogens is 350 g/mol. The summed E-state index contributed by atoms with van der Waals surface area (Å²) in [5, 5.41) is 2.14. The fourth-order valence-corrected chi connectivity index (χ4v) is 7.62. The van der Waals surface area contributed by atoms with Gasteiger partial charge in [0.25, 0.3) is 0 Å².